The Bertz CT molecular complexity index is 596. The van der Waals surface area contributed by atoms with Gasteiger partial charge in [0.2, 0.25) is 0 Å². The van der Waals surface area contributed by atoms with Gasteiger partial charge in [-0.3, -0.25) is 0 Å². The number of nitrogens with zero attached hydrogens (tertiary/aromatic N) is 1. The van der Waals surface area contributed by atoms with Crippen LogP contribution in [0.15, 0.2) is 24.3 Å². The van der Waals surface area contributed by atoms with E-state index < -0.39 is 5.60 Å². The zero-order valence-corrected chi connectivity index (χ0v) is 14.9. The van der Waals surface area contributed by atoms with Gasteiger partial charge in [0, 0.05) is 30.5 Å². The van der Waals surface area contributed by atoms with Gasteiger partial charge in [0.05, 0.1) is 0 Å². The number of benzene rings is 1. The van der Waals surface area contributed by atoms with Crippen LogP contribution in [-0.2, 0) is 14.9 Å². The molecule has 0 radical (unpaired) electrons. The molecule has 2 atom stereocenters. The molecule has 1 aromatic rings. The van der Waals surface area contributed by atoms with E-state index in [-0.39, 0.29) is 17.4 Å². The van der Waals surface area contributed by atoms with Crippen molar-refractivity contribution < 1.29 is 14.3 Å². The summed E-state index contributed by atoms with van der Waals surface area (Å²) < 4.78 is 5.42. The third-order valence-corrected chi connectivity index (χ3v) is 4.47. The standard InChI is InChI=1S/C18H24ClNO3/c1-17(2,3)23-16(22)20(4)12-18(11-14(18)8-9-21)13-6-5-7-15(19)10-13/h5-7,9-10,14H,8,11-12H2,1-4H3/t14-,18+/m1/s1. The van der Waals surface area contributed by atoms with E-state index in [1.807, 2.05) is 45.0 Å². The van der Waals surface area contributed by atoms with Crippen molar-refractivity contribution in [2.45, 2.75) is 44.6 Å². The maximum absolute atomic E-state index is 12.2. The van der Waals surface area contributed by atoms with Crippen LogP contribution in [0.4, 0.5) is 4.79 Å². The van der Waals surface area contributed by atoms with Gasteiger partial charge >= 0.3 is 6.09 Å². The molecule has 1 aromatic carbocycles. The Hall–Kier alpha value is -1.55. The first-order valence-electron chi connectivity index (χ1n) is 7.82. The van der Waals surface area contributed by atoms with Crippen molar-refractivity contribution in [2.24, 2.45) is 5.92 Å². The molecule has 0 aliphatic heterocycles. The molecule has 4 nitrogen and oxygen atoms in total. The molecule has 1 aliphatic rings. The van der Waals surface area contributed by atoms with Crippen LogP contribution in [-0.4, -0.2) is 36.5 Å². The summed E-state index contributed by atoms with van der Waals surface area (Å²) in [4.78, 5) is 24.7. The minimum atomic E-state index is -0.527. The number of amides is 1. The lowest BCUT2D eigenvalue weighted by Gasteiger charge is -2.28. The molecule has 1 fully saturated rings. The maximum Gasteiger partial charge on any atom is 0.410 e. The van der Waals surface area contributed by atoms with Crippen LogP contribution in [0.5, 0.6) is 0 Å². The van der Waals surface area contributed by atoms with Crippen molar-refractivity contribution in [3.63, 3.8) is 0 Å². The predicted molar refractivity (Wildman–Crippen MR) is 90.8 cm³/mol. The van der Waals surface area contributed by atoms with Gasteiger partial charge in [0.1, 0.15) is 11.9 Å². The average Bonchev–Trinajstić information content (AvgIpc) is 3.11. The van der Waals surface area contributed by atoms with Crippen molar-refractivity contribution in [2.75, 3.05) is 13.6 Å². The predicted octanol–water partition coefficient (Wildman–Crippen LogP) is 4.05. The van der Waals surface area contributed by atoms with Crippen molar-refractivity contribution in [1.29, 1.82) is 0 Å². The number of rotatable bonds is 5. The van der Waals surface area contributed by atoms with Gasteiger partial charge in [-0.25, -0.2) is 4.79 Å². The Morgan fingerprint density at radius 2 is 2.17 bits per heavy atom. The fourth-order valence-electron chi connectivity index (χ4n) is 3.07. The van der Waals surface area contributed by atoms with Crippen molar-refractivity contribution in [3.8, 4) is 0 Å². The molecule has 0 unspecified atom stereocenters. The van der Waals surface area contributed by atoms with Crippen molar-refractivity contribution >= 4 is 24.0 Å². The third-order valence-electron chi connectivity index (χ3n) is 4.24. The second-order valence-corrected chi connectivity index (χ2v) is 7.74. The minimum absolute atomic E-state index is 0.211. The highest BCUT2D eigenvalue weighted by Gasteiger charge is 2.55. The lowest BCUT2D eigenvalue weighted by Crippen LogP contribution is -2.39. The number of carbonyl (C=O) groups excluding carboxylic acids is 2. The summed E-state index contributed by atoms with van der Waals surface area (Å²) in [6, 6.07) is 7.67. The molecule has 1 aliphatic carbocycles. The summed E-state index contributed by atoms with van der Waals surface area (Å²) in [5, 5.41) is 0.665. The van der Waals surface area contributed by atoms with Crippen LogP contribution in [0.25, 0.3) is 0 Å². The molecular weight excluding hydrogens is 314 g/mol. The molecule has 2 rings (SSSR count). The molecule has 0 aromatic heterocycles. The fraction of sp³-hybridized carbons (Fsp3) is 0.556. The highest BCUT2D eigenvalue weighted by Crippen LogP contribution is 2.56. The third kappa shape index (κ3) is 4.25. The van der Waals surface area contributed by atoms with E-state index >= 15 is 0 Å². The molecule has 1 saturated carbocycles. The Kier molecular flexibility index (Phi) is 5.04. The van der Waals surface area contributed by atoms with E-state index in [9.17, 15) is 9.59 Å². The highest BCUT2D eigenvalue weighted by atomic mass is 35.5. The van der Waals surface area contributed by atoms with Gasteiger partial charge in [-0.05, 0) is 50.8 Å². The Labute approximate surface area is 142 Å². The molecule has 0 spiro atoms. The van der Waals surface area contributed by atoms with Crippen LogP contribution in [0, 0.1) is 5.92 Å². The van der Waals surface area contributed by atoms with E-state index in [0.29, 0.717) is 18.0 Å². The Morgan fingerprint density at radius 3 is 2.74 bits per heavy atom. The van der Waals surface area contributed by atoms with Gasteiger partial charge in [-0.15, -0.1) is 0 Å². The van der Waals surface area contributed by atoms with E-state index in [0.717, 1.165) is 18.3 Å². The summed E-state index contributed by atoms with van der Waals surface area (Å²) in [6.07, 6.45) is 1.97. The monoisotopic (exact) mass is 337 g/mol. The van der Waals surface area contributed by atoms with Gasteiger partial charge < -0.3 is 14.4 Å². The largest absolute Gasteiger partial charge is 0.444 e. The summed E-state index contributed by atoms with van der Waals surface area (Å²) >= 11 is 6.11. The zero-order chi connectivity index (χ0) is 17.3. The average molecular weight is 338 g/mol. The van der Waals surface area contributed by atoms with Gasteiger partial charge in [0.25, 0.3) is 0 Å². The summed E-state index contributed by atoms with van der Waals surface area (Å²) in [5.41, 5.74) is 0.338. The van der Waals surface area contributed by atoms with Crippen molar-refractivity contribution in [1.82, 2.24) is 4.90 Å². The normalized spacial score (nSPS) is 23.3. The molecular formula is C18H24ClNO3. The number of ether oxygens (including phenoxy) is 1. The van der Waals surface area contributed by atoms with Gasteiger partial charge in [0.15, 0.2) is 0 Å². The number of carbonyl (C=O) groups is 2. The van der Waals surface area contributed by atoms with Gasteiger partial charge in [-0.1, -0.05) is 23.7 Å². The van der Waals surface area contributed by atoms with Gasteiger partial charge in [-0.2, -0.15) is 0 Å². The zero-order valence-electron chi connectivity index (χ0n) is 14.1. The number of hydrogen-bond acceptors (Lipinski definition) is 3. The van der Waals surface area contributed by atoms with Crippen LogP contribution >= 0.6 is 11.6 Å². The molecule has 0 saturated heterocycles. The van der Waals surface area contributed by atoms with Crippen LogP contribution in [0.1, 0.15) is 39.2 Å². The quantitative estimate of drug-likeness (QED) is 0.761. The molecule has 0 bridgehead atoms. The molecule has 5 heteroatoms. The first kappa shape index (κ1) is 17.8. The molecule has 126 valence electrons. The maximum atomic E-state index is 12.2. The number of likely N-dealkylation sites (N-methyl/N-ethyl adjacent to an activating group) is 1. The minimum Gasteiger partial charge on any atom is -0.444 e. The smallest absolute Gasteiger partial charge is 0.410 e. The van der Waals surface area contributed by atoms with Crippen LogP contribution < -0.4 is 0 Å². The summed E-state index contributed by atoms with van der Waals surface area (Å²) in [6.45, 7) is 6.05. The summed E-state index contributed by atoms with van der Waals surface area (Å²) in [7, 11) is 1.73. The Balaban J connectivity index is 2.17. The topological polar surface area (TPSA) is 46.6 Å². The summed E-state index contributed by atoms with van der Waals surface area (Å²) in [5.74, 6) is 0.239. The molecule has 1 amide bonds. The first-order valence-corrected chi connectivity index (χ1v) is 8.19. The van der Waals surface area contributed by atoms with Crippen LogP contribution in [0.3, 0.4) is 0 Å². The lowest BCUT2D eigenvalue weighted by molar-refractivity contribution is -0.108. The molecule has 23 heavy (non-hydrogen) atoms. The van der Waals surface area contributed by atoms with E-state index in [1.165, 1.54) is 0 Å². The van der Waals surface area contributed by atoms with E-state index in [4.69, 9.17) is 16.3 Å². The second kappa shape index (κ2) is 6.52. The number of hydrogen-bond donors (Lipinski definition) is 0. The lowest BCUT2D eigenvalue weighted by atomic mass is 9.92. The van der Waals surface area contributed by atoms with E-state index in [1.54, 1.807) is 11.9 Å². The second-order valence-electron chi connectivity index (χ2n) is 7.31. The fourth-order valence-corrected chi connectivity index (χ4v) is 3.26. The highest BCUT2D eigenvalue weighted by molar-refractivity contribution is 6.30. The number of halogens is 1. The SMILES string of the molecule is CN(C[C@]1(c2cccc(Cl)c2)C[C@H]1CC=O)C(=O)OC(C)(C)C. The number of aldehydes is 1. The van der Waals surface area contributed by atoms with E-state index in [2.05, 4.69) is 0 Å². The molecule has 0 N–H and O–H groups in total. The van der Waals surface area contributed by atoms with Crippen molar-refractivity contribution in [3.05, 3.63) is 34.9 Å². The first-order chi connectivity index (χ1) is 10.7. The Morgan fingerprint density at radius 1 is 1.48 bits per heavy atom. The molecule has 0 heterocycles. The van der Waals surface area contributed by atoms with Crippen LogP contribution in [0.2, 0.25) is 5.02 Å².